The zero-order chi connectivity index (χ0) is 23.1. The highest BCUT2D eigenvalue weighted by atomic mass is 16.6. The van der Waals surface area contributed by atoms with Crippen molar-refractivity contribution in [1.29, 1.82) is 0 Å². The van der Waals surface area contributed by atoms with Gasteiger partial charge in [0.05, 0.1) is 6.10 Å². The summed E-state index contributed by atoms with van der Waals surface area (Å²) >= 11 is 0. The summed E-state index contributed by atoms with van der Waals surface area (Å²) in [7, 11) is 1.88. The van der Waals surface area contributed by atoms with Crippen molar-refractivity contribution >= 4 is 0 Å². The molecule has 10 atom stereocenters. The quantitative estimate of drug-likeness (QED) is 0.401. The molecule has 32 heavy (non-hydrogen) atoms. The molecule has 3 nitrogen and oxygen atoms in total. The molecule has 1 N–H and O–H groups in total. The molecule has 5 rings (SSSR count). The lowest BCUT2D eigenvalue weighted by molar-refractivity contribution is -0.0545. The lowest BCUT2D eigenvalue weighted by atomic mass is 9.48. The monoisotopic (exact) mass is 442 g/mol. The van der Waals surface area contributed by atoms with Crippen LogP contribution in [-0.2, 0) is 9.47 Å². The number of rotatable bonds is 5. The second-order valence-corrected chi connectivity index (χ2v) is 12.8. The highest BCUT2D eigenvalue weighted by Crippen LogP contribution is 2.72. The van der Waals surface area contributed by atoms with Gasteiger partial charge in [0.25, 0.3) is 0 Å². The average Bonchev–Trinajstić information content (AvgIpc) is 3.35. The van der Waals surface area contributed by atoms with Crippen LogP contribution in [0.2, 0.25) is 0 Å². The molecule has 1 spiro atoms. The van der Waals surface area contributed by atoms with Gasteiger partial charge in [-0.05, 0) is 79.1 Å². The topological polar surface area (TPSA) is 42.0 Å². The Bertz CT molecular complexity index is 813. The van der Waals surface area contributed by atoms with E-state index in [9.17, 15) is 5.11 Å². The molecule has 180 valence electrons. The van der Waals surface area contributed by atoms with Gasteiger partial charge in [0.1, 0.15) is 17.8 Å². The summed E-state index contributed by atoms with van der Waals surface area (Å²) in [6, 6.07) is 0. The molecule has 0 radical (unpaired) electrons. The minimum Gasteiger partial charge on any atom is -0.393 e. The molecule has 3 heteroatoms. The van der Waals surface area contributed by atoms with E-state index in [0.717, 1.165) is 19.3 Å². The first-order chi connectivity index (χ1) is 15.1. The Kier molecular flexibility index (Phi) is 5.55. The number of aliphatic hydroxyl groups excluding tert-OH is 1. The summed E-state index contributed by atoms with van der Waals surface area (Å²) in [5.74, 6) is 3.21. The molecular weight excluding hydrogens is 396 g/mol. The predicted octanol–water partition coefficient (Wildman–Crippen LogP) is 6.31. The van der Waals surface area contributed by atoms with E-state index in [-0.39, 0.29) is 34.7 Å². The summed E-state index contributed by atoms with van der Waals surface area (Å²) in [5.41, 5.74) is 3.61. The third-order valence-electron chi connectivity index (χ3n) is 11.1. The molecule has 0 aromatic rings. The maximum Gasteiger partial charge on any atom is 0.118 e. The van der Waals surface area contributed by atoms with Crippen molar-refractivity contribution in [2.45, 2.75) is 110 Å². The Morgan fingerprint density at radius 3 is 2.50 bits per heavy atom. The minimum absolute atomic E-state index is 0.0820. The smallest absolute Gasteiger partial charge is 0.118 e. The standard InChI is InChI=1S/C29H46O3/c1-17(2)18(3)8-9-19(4)21-10-11-22-24-23(13-14-27(21,22)5)28(6)15-12-20(30)16-29(28)26(32-29)25(24)31-7/h8-9,17-21,23,25-26,30H,10-16H2,1-7H3. The maximum atomic E-state index is 10.5. The fraction of sp³-hybridized carbons (Fsp3) is 0.862. The number of epoxide rings is 1. The molecule has 4 aliphatic carbocycles. The lowest BCUT2D eigenvalue weighted by Crippen LogP contribution is -2.58. The van der Waals surface area contributed by atoms with Crippen molar-refractivity contribution < 1.29 is 14.6 Å². The SMILES string of the molecule is COC1C2=C3CCC(C(C)C=CC(C)C(C)C)C3(C)CCC2C2(C)CCC(O)CC23OC13. The van der Waals surface area contributed by atoms with Gasteiger partial charge in [-0.15, -0.1) is 0 Å². The fourth-order valence-electron chi connectivity index (χ4n) is 8.70. The number of methoxy groups -OCH3 is 1. The van der Waals surface area contributed by atoms with Crippen LogP contribution in [0.5, 0.6) is 0 Å². The highest BCUT2D eigenvalue weighted by molar-refractivity contribution is 5.43. The summed E-state index contributed by atoms with van der Waals surface area (Å²) in [6.45, 7) is 14.5. The summed E-state index contributed by atoms with van der Waals surface area (Å²) in [5, 5.41) is 10.5. The van der Waals surface area contributed by atoms with Crippen LogP contribution in [-0.4, -0.2) is 36.1 Å². The second kappa shape index (κ2) is 7.68. The van der Waals surface area contributed by atoms with Crippen LogP contribution in [0.25, 0.3) is 0 Å². The Labute approximate surface area is 196 Å². The van der Waals surface area contributed by atoms with Crippen LogP contribution in [0.3, 0.4) is 0 Å². The van der Waals surface area contributed by atoms with Crippen molar-refractivity contribution in [3.8, 4) is 0 Å². The molecular formula is C29H46O3. The van der Waals surface area contributed by atoms with Gasteiger partial charge in [-0.25, -0.2) is 0 Å². The third-order valence-corrected chi connectivity index (χ3v) is 11.1. The van der Waals surface area contributed by atoms with Crippen LogP contribution in [0.1, 0.15) is 86.5 Å². The number of ether oxygens (including phenoxy) is 2. The normalized spacial score (nSPS) is 49.5. The highest BCUT2D eigenvalue weighted by Gasteiger charge is 2.77. The maximum absolute atomic E-state index is 10.5. The molecule has 1 aliphatic heterocycles. The number of hydrogen-bond donors (Lipinski definition) is 1. The number of fused-ring (bicyclic) bond motifs is 3. The van der Waals surface area contributed by atoms with Gasteiger partial charge >= 0.3 is 0 Å². The Morgan fingerprint density at radius 2 is 1.81 bits per heavy atom. The Balaban J connectivity index is 1.49. The van der Waals surface area contributed by atoms with Gasteiger partial charge in [0.15, 0.2) is 0 Å². The van der Waals surface area contributed by atoms with E-state index in [2.05, 4.69) is 53.7 Å². The summed E-state index contributed by atoms with van der Waals surface area (Å²) in [6.07, 6.45) is 12.8. The predicted molar refractivity (Wildman–Crippen MR) is 129 cm³/mol. The molecule has 0 aromatic carbocycles. The van der Waals surface area contributed by atoms with Crippen LogP contribution in [0, 0.1) is 40.4 Å². The van der Waals surface area contributed by atoms with Crippen molar-refractivity contribution in [1.82, 2.24) is 0 Å². The molecule has 0 aromatic heterocycles. The molecule has 5 aliphatic rings. The molecule has 3 saturated carbocycles. The van der Waals surface area contributed by atoms with E-state index < -0.39 is 0 Å². The second-order valence-electron chi connectivity index (χ2n) is 12.8. The molecule has 1 saturated heterocycles. The van der Waals surface area contributed by atoms with E-state index in [1.807, 2.05) is 7.11 Å². The number of aliphatic hydroxyl groups is 1. The van der Waals surface area contributed by atoms with Crippen molar-refractivity contribution in [3.05, 3.63) is 23.3 Å². The number of hydrogen-bond acceptors (Lipinski definition) is 3. The van der Waals surface area contributed by atoms with Gasteiger partial charge in [0, 0.05) is 18.9 Å². The van der Waals surface area contributed by atoms with E-state index >= 15 is 0 Å². The van der Waals surface area contributed by atoms with E-state index in [4.69, 9.17) is 9.47 Å². The van der Waals surface area contributed by atoms with Crippen LogP contribution in [0.4, 0.5) is 0 Å². The van der Waals surface area contributed by atoms with Crippen LogP contribution >= 0.6 is 0 Å². The fourth-order valence-corrected chi connectivity index (χ4v) is 8.70. The number of allylic oxidation sites excluding steroid dienone is 3. The van der Waals surface area contributed by atoms with Crippen molar-refractivity contribution in [3.63, 3.8) is 0 Å². The van der Waals surface area contributed by atoms with Gasteiger partial charge in [0.2, 0.25) is 0 Å². The zero-order valence-corrected chi connectivity index (χ0v) is 21.5. The average molecular weight is 443 g/mol. The van der Waals surface area contributed by atoms with E-state index in [1.54, 1.807) is 11.1 Å². The van der Waals surface area contributed by atoms with Gasteiger partial charge < -0.3 is 14.6 Å². The van der Waals surface area contributed by atoms with E-state index in [1.165, 1.54) is 25.7 Å². The third kappa shape index (κ3) is 3.02. The zero-order valence-electron chi connectivity index (χ0n) is 21.5. The Morgan fingerprint density at radius 1 is 1.06 bits per heavy atom. The van der Waals surface area contributed by atoms with Gasteiger partial charge in [-0.3, -0.25) is 0 Å². The summed E-state index contributed by atoms with van der Waals surface area (Å²) < 4.78 is 12.8. The Hall–Kier alpha value is -0.640. The molecule has 10 unspecified atom stereocenters. The minimum atomic E-state index is -0.217. The van der Waals surface area contributed by atoms with Crippen LogP contribution < -0.4 is 0 Å². The first kappa shape index (κ1) is 23.1. The lowest BCUT2D eigenvalue weighted by Gasteiger charge is -2.56. The van der Waals surface area contributed by atoms with Crippen molar-refractivity contribution in [2.75, 3.05) is 7.11 Å². The summed E-state index contributed by atoms with van der Waals surface area (Å²) in [4.78, 5) is 0. The molecule has 0 bridgehead atoms. The first-order valence-corrected chi connectivity index (χ1v) is 13.4. The van der Waals surface area contributed by atoms with Gasteiger partial charge in [-0.2, -0.15) is 0 Å². The van der Waals surface area contributed by atoms with Gasteiger partial charge in [-0.1, -0.05) is 59.3 Å². The molecule has 1 heterocycles. The first-order valence-electron chi connectivity index (χ1n) is 13.4. The molecule has 0 amide bonds. The van der Waals surface area contributed by atoms with Crippen molar-refractivity contribution in [2.24, 2.45) is 40.4 Å². The largest absolute Gasteiger partial charge is 0.393 e. The molecule has 4 fully saturated rings. The van der Waals surface area contributed by atoms with Crippen LogP contribution in [0.15, 0.2) is 23.3 Å². The van der Waals surface area contributed by atoms with E-state index in [0.29, 0.717) is 29.6 Å².